The number of benzene rings is 1. The van der Waals surface area contributed by atoms with Gasteiger partial charge in [0.05, 0.1) is 12.2 Å². The smallest absolute Gasteiger partial charge is 0.226 e. The Morgan fingerprint density at radius 3 is 2.86 bits per heavy atom. The van der Waals surface area contributed by atoms with Crippen LogP contribution in [0.5, 0.6) is 0 Å². The van der Waals surface area contributed by atoms with Crippen molar-refractivity contribution in [3.8, 4) is 11.5 Å². The average molecular weight is 281 g/mol. The molecular formula is C16H15N3O2. The van der Waals surface area contributed by atoms with Crippen molar-refractivity contribution >= 4 is 6.29 Å². The topological polar surface area (TPSA) is 60.9 Å². The number of aromatic nitrogens is 3. The number of carbonyl (C=O) groups excluding carboxylic acids is 1. The Morgan fingerprint density at radius 2 is 2.14 bits per heavy atom. The predicted molar refractivity (Wildman–Crippen MR) is 78.1 cm³/mol. The van der Waals surface area contributed by atoms with E-state index in [1.54, 1.807) is 12.5 Å². The maximum Gasteiger partial charge on any atom is 0.226 e. The summed E-state index contributed by atoms with van der Waals surface area (Å²) in [7, 11) is 0. The molecule has 0 aliphatic carbocycles. The molecule has 3 rings (SSSR count). The lowest BCUT2D eigenvalue weighted by molar-refractivity contribution is 0.111. The highest BCUT2D eigenvalue weighted by molar-refractivity contribution is 5.71. The first-order valence-electron chi connectivity index (χ1n) is 6.66. The van der Waals surface area contributed by atoms with Gasteiger partial charge in [0.25, 0.3) is 0 Å². The molecule has 0 aliphatic heterocycles. The van der Waals surface area contributed by atoms with Crippen molar-refractivity contribution in [1.82, 2.24) is 14.5 Å². The molecule has 0 saturated heterocycles. The van der Waals surface area contributed by atoms with E-state index in [0.717, 1.165) is 28.9 Å². The number of hydrogen-bond acceptors (Lipinski definition) is 4. The van der Waals surface area contributed by atoms with Crippen molar-refractivity contribution in [2.45, 2.75) is 20.4 Å². The average Bonchev–Trinajstić information content (AvgIpc) is 3.07. The van der Waals surface area contributed by atoms with E-state index in [1.165, 1.54) is 0 Å². The second-order valence-corrected chi connectivity index (χ2v) is 4.97. The van der Waals surface area contributed by atoms with Crippen LogP contribution in [0.25, 0.3) is 11.5 Å². The summed E-state index contributed by atoms with van der Waals surface area (Å²) >= 11 is 0. The van der Waals surface area contributed by atoms with Crippen LogP contribution in [0.2, 0.25) is 0 Å². The Kier molecular flexibility index (Phi) is 3.39. The zero-order valence-electron chi connectivity index (χ0n) is 11.9. The third-order valence-electron chi connectivity index (χ3n) is 3.26. The van der Waals surface area contributed by atoms with E-state index < -0.39 is 0 Å². The van der Waals surface area contributed by atoms with Gasteiger partial charge in [-0.05, 0) is 26.0 Å². The van der Waals surface area contributed by atoms with Gasteiger partial charge in [-0.25, -0.2) is 9.97 Å². The largest absolute Gasteiger partial charge is 0.444 e. The molecular weight excluding hydrogens is 266 g/mol. The first-order chi connectivity index (χ1) is 10.2. The van der Waals surface area contributed by atoms with Gasteiger partial charge in [-0.2, -0.15) is 0 Å². The van der Waals surface area contributed by atoms with Gasteiger partial charge in [0.15, 0.2) is 6.29 Å². The number of oxazole rings is 1. The quantitative estimate of drug-likeness (QED) is 0.690. The van der Waals surface area contributed by atoms with Crippen LogP contribution in [0, 0.1) is 13.8 Å². The molecule has 0 radical (unpaired) electrons. The van der Waals surface area contributed by atoms with E-state index in [1.807, 2.05) is 42.7 Å². The summed E-state index contributed by atoms with van der Waals surface area (Å²) in [5, 5.41) is 0. The minimum atomic E-state index is 0.426. The lowest BCUT2D eigenvalue weighted by Crippen LogP contribution is -2.00. The predicted octanol–water partition coefficient (Wildman–Crippen LogP) is 3.02. The van der Waals surface area contributed by atoms with Gasteiger partial charge in [0.1, 0.15) is 17.8 Å². The Morgan fingerprint density at radius 1 is 1.29 bits per heavy atom. The third-order valence-corrected chi connectivity index (χ3v) is 3.26. The molecule has 0 fully saturated rings. The lowest BCUT2D eigenvalue weighted by atomic mass is 10.1. The first kappa shape index (κ1) is 13.3. The standard InChI is InChI=1S/C16H15N3O2/c1-11-4-3-5-13(6-11)16-18-15(10-21-16)8-19-7-14(9-20)17-12(19)2/h3-7,9-10H,8H2,1-2H3. The Hall–Kier alpha value is -2.69. The van der Waals surface area contributed by atoms with Gasteiger partial charge in [-0.15, -0.1) is 0 Å². The second kappa shape index (κ2) is 5.36. The van der Waals surface area contributed by atoms with Crippen LogP contribution in [-0.2, 0) is 6.54 Å². The Labute approximate surface area is 122 Å². The molecule has 0 bridgehead atoms. The molecule has 0 atom stereocenters. The maximum atomic E-state index is 10.7. The minimum Gasteiger partial charge on any atom is -0.444 e. The third kappa shape index (κ3) is 2.76. The van der Waals surface area contributed by atoms with Crippen molar-refractivity contribution in [3.63, 3.8) is 0 Å². The molecule has 0 amide bonds. The van der Waals surface area contributed by atoms with Crippen molar-refractivity contribution in [2.75, 3.05) is 0 Å². The summed E-state index contributed by atoms with van der Waals surface area (Å²) < 4.78 is 7.41. The van der Waals surface area contributed by atoms with Crippen molar-refractivity contribution in [2.24, 2.45) is 0 Å². The number of imidazole rings is 1. The molecule has 0 spiro atoms. The van der Waals surface area contributed by atoms with Gasteiger partial charge >= 0.3 is 0 Å². The van der Waals surface area contributed by atoms with Crippen LogP contribution in [0.4, 0.5) is 0 Å². The summed E-state index contributed by atoms with van der Waals surface area (Å²) in [5.41, 5.74) is 3.34. The monoisotopic (exact) mass is 281 g/mol. The summed E-state index contributed by atoms with van der Waals surface area (Å²) in [5.74, 6) is 1.37. The summed E-state index contributed by atoms with van der Waals surface area (Å²) in [4.78, 5) is 19.4. The van der Waals surface area contributed by atoms with Crippen molar-refractivity contribution < 1.29 is 9.21 Å². The highest BCUT2D eigenvalue weighted by atomic mass is 16.3. The fraction of sp³-hybridized carbons (Fsp3) is 0.188. The molecule has 2 aromatic heterocycles. The number of aldehydes is 1. The molecule has 0 saturated carbocycles. The molecule has 5 nitrogen and oxygen atoms in total. The van der Waals surface area contributed by atoms with Crippen LogP contribution >= 0.6 is 0 Å². The second-order valence-electron chi connectivity index (χ2n) is 4.97. The van der Waals surface area contributed by atoms with E-state index in [4.69, 9.17) is 4.42 Å². The van der Waals surface area contributed by atoms with Crippen LogP contribution in [0.1, 0.15) is 27.6 Å². The number of carbonyl (C=O) groups is 1. The van der Waals surface area contributed by atoms with E-state index in [9.17, 15) is 4.79 Å². The molecule has 3 aromatic rings. The molecule has 0 aliphatic rings. The van der Waals surface area contributed by atoms with E-state index in [2.05, 4.69) is 9.97 Å². The molecule has 106 valence electrons. The van der Waals surface area contributed by atoms with Gasteiger partial charge in [-0.1, -0.05) is 17.7 Å². The Bertz CT molecular complexity index is 786. The normalized spacial score (nSPS) is 10.8. The van der Waals surface area contributed by atoms with Gasteiger partial charge in [-0.3, -0.25) is 4.79 Å². The SMILES string of the molecule is Cc1cccc(-c2nc(Cn3cc(C=O)nc3C)co2)c1. The molecule has 0 unspecified atom stereocenters. The van der Waals surface area contributed by atoms with Crippen LogP contribution < -0.4 is 0 Å². The molecule has 2 heterocycles. The number of aryl methyl sites for hydroxylation is 2. The number of hydrogen-bond donors (Lipinski definition) is 0. The fourth-order valence-electron chi connectivity index (χ4n) is 2.21. The van der Waals surface area contributed by atoms with E-state index >= 15 is 0 Å². The molecule has 0 N–H and O–H groups in total. The lowest BCUT2D eigenvalue weighted by Gasteiger charge is -2.00. The summed E-state index contributed by atoms with van der Waals surface area (Å²) in [6, 6.07) is 8.01. The van der Waals surface area contributed by atoms with Gasteiger partial charge in [0, 0.05) is 11.8 Å². The zero-order chi connectivity index (χ0) is 14.8. The summed E-state index contributed by atoms with van der Waals surface area (Å²) in [6.45, 7) is 4.42. The van der Waals surface area contributed by atoms with E-state index in [0.29, 0.717) is 18.1 Å². The molecule has 1 aromatic carbocycles. The van der Waals surface area contributed by atoms with Gasteiger partial charge in [0.2, 0.25) is 5.89 Å². The van der Waals surface area contributed by atoms with E-state index in [-0.39, 0.29) is 0 Å². The first-order valence-corrected chi connectivity index (χ1v) is 6.66. The van der Waals surface area contributed by atoms with Crippen molar-refractivity contribution in [1.29, 1.82) is 0 Å². The summed E-state index contributed by atoms with van der Waals surface area (Å²) in [6.07, 6.45) is 4.09. The maximum absolute atomic E-state index is 10.7. The number of rotatable bonds is 4. The van der Waals surface area contributed by atoms with Crippen LogP contribution in [-0.4, -0.2) is 20.8 Å². The number of nitrogens with zero attached hydrogens (tertiary/aromatic N) is 3. The minimum absolute atomic E-state index is 0.426. The molecule has 5 heteroatoms. The molecule has 21 heavy (non-hydrogen) atoms. The highest BCUT2D eigenvalue weighted by Gasteiger charge is 2.09. The van der Waals surface area contributed by atoms with Crippen LogP contribution in [0.15, 0.2) is 41.1 Å². The van der Waals surface area contributed by atoms with Gasteiger partial charge < -0.3 is 8.98 Å². The fourth-order valence-corrected chi connectivity index (χ4v) is 2.21. The van der Waals surface area contributed by atoms with Crippen LogP contribution in [0.3, 0.4) is 0 Å². The highest BCUT2D eigenvalue weighted by Crippen LogP contribution is 2.20. The Balaban J connectivity index is 1.85. The van der Waals surface area contributed by atoms with Crippen molar-refractivity contribution in [3.05, 3.63) is 59.5 Å². The zero-order valence-corrected chi connectivity index (χ0v) is 11.9.